The Kier molecular flexibility index (Phi) is 2.56. The molecule has 0 heterocycles. The molecule has 0 bridgehead atoms. The van der Waals surface area contributed by atoms with Crippen LogP contribution in [0.15, 0.2) is 0 Å². The first kappa shape index (κ1) is 9.04. The van der Waals surface area contributed by atoms with Crippen LogP contribution >= 0.6 is 0 Å². The Morgan fingerprint density at radius 1 is 1.38 bits per heavy atom. The standard InChI is InChI=1S/C11H19NO/c1-2-10(7-8-3-4-8)12-11(13)9-5-6-9/h8-10H,2-7H2,1H3,(H,12,13). The Morgan fingerprint density at radius 3 is 2.54 bits per heavy atom. The second kappa shape index (κ2) is 3.69. The van der Waals surface area contributed by atoms with E-state index >= 15 is 0 Å². The Hall–Kier alpha value is -0.530. The van der Waals surface area contributed by atoms with Crippen LogP contribution in [0.3, 0.4) is 0 Å². The molecule has 0 aliphatic heterocycles. The highest BCUT2D eigenvalue weighted by Crippen LogP contribution is 2.34. The third-order valence-electron chi connectivity index (χ3n) is 3.10. The third-order valence-corrected chi connectivity index (χ3v) is 3.10. The van der Waals surface area contributed by atoms with Gasteiger partial charge in [-0.2, -0.15) is 0 Å². The summed E-state index contributed by atoms with van der Waals surface area (Å²) in [6.45, 7) is 2.17. The van der Waals surface area contributed by atoms with Crippen LogP contribution < -0.4 is 5.32 Å². The lowest BCUT2D eigenvalue weighted by Crippen LogP contribution is -2.35. The van der Waals surface area contributed by atoms with Crippen LogP contribution in [-0.4, -0.2) is 11.9 Å². The van der Waals surface area contributed by atoms with Crippen LogP contribution in [0.5, 0.6) is 0 Å². The van der Waals surface area contributed by atoms with Gasteiger partial charge < -0.3 is 5.32 Å². The van der Waals surface area contributed by atoms with Crippen molar-refractivity contribution in [1.29, 1.82) is 0 Å². The summed E-state index contributed by atoms with van der Waals surface area (Å²) >= 11 is 0. The minimum atomic E-state index is 0.313. The minimum Gasteiger partial charge on any atom is -0.353 e. The Balaban J connectivity index is 1.71. The molecule has 0 aromatic carbocycles. The van der Waals surface area contributed by atoms with Gasteiger partial charge in [-0.15, -0.1) is 0 Å². The lowest BCUT2D eigenvalue weighted by molar-refractivity contribution is -0.123. The van der Waals surface area contributed by atoms with E-state index in [1.165, 1.54) is 19.3 Å². The second-order valence-electron chi connectivity index (χ2n) is 4.57. The summed E-state index contributed by atoms with van der Waals surface area (Å²) in [7, 11) is 0. The summed E-state index contributed by atoms with van der Waals surface area (Å²) in [5.74, 6) is 1.60. The molecule has 74 valence electrons. The molecule has 2 nitrogen and oxygen atoms in total. The SMILES string of the molecule is CCC(CC1CC1)NC(=O)C1CC1. The van der Waals surface area contributed by atoms with Crippen LogP contribution in [0.25, 0.3) is 0 Å². The molecule has 0 aromatic rings. The zero-order valence-corrected chi connectivity index (χ0v) is 8.38. The van der Waals surface area contributed by atoms with E-state index in [9.17, 15) is 4.79 Å². The number of rotatable bonds is 5. The number of carbonyl (C=O) groups excluding carboxylic acids is 1. The monoisotopic (exact) mass is 181 g/mol. The second-order valence-corrected chi connectivity index (χ2v) is 4.57. The van der Waals surface area contributed by atoms with E-state index in [0.717, 1.165) is 25.2 Å². The molecule has 1 atom stereocenters. The number of carbonyl (C=O) groups is 1. The number of nitrogens with one attached hydrogen (secondary N) is 1. The van der Waals surface area contributed by atoms with Crippen LogP contribution in [-0.2, 0) is 4.79 Å². The van der Waals surface area contributed by atoms with Crippen molar-refractivity contribution in [1.82, 2.24) is 5.32 Å². The molecule has 0 aromatic heterocycles. The normalized spacial score (nSPS) is 24.1. The summed E-state index contributed by atoms with van der Waals surface area (Å²) < 4.78 is 0. The lowest BCUT2D eigenvalue weighted by Gasteiger charge is -2.16. The molecule has 2 fully saturated rings. The minimum absolute atomic E-state index is 0.313. The van der Waals surface area contributed by atoms with Gasteiger partial charge >= 0.3 is 0 Å². The van der Waals surface area contributed by atoms with Gasteiger partial charge in [-0.1, -0.05) is 19.8 Å². The first-order chi connectivity index (χ1) is 6.29. The van der Waals surface area contributed by atoms with Crippen LogP contribution in [0.1, 0.15) is 45.4 Å². The quantitative estimate of drug-likeness (QED) is 0.691. The molecule has 2 saturated carbocycles. The highest BCUT2D eigenvalue weighted by atomic mass is 16.2. The van der Waals surface area contributed by atoms with E-state index < -0.39 is 0 Å². The van der Waals surface area contributed by atoms with Crippen LogP contribution in [0.2, 0.25) is 0 Å². The Morgan fingerprint density at radius 2 is 2.08 bits per heavy atom. The highest BCUT2D eigenvalue weighted by molar-refractivity contribution is 5.81. The molecule has 0 radical (unpaired) electrons. The maximum Gasteiger partial charge on any atom is 0.223 e. The van der Waals surface area contributed by atoms with Crippen molar-refractivity contribution in [3.05, 3.63) is 0 Å². The van der Waals surface area contributed by atoms with Crippen molar-refractivity contribution in [3.8, 4) is 0 Å². The van der Waals surface area contributed by atoms with Gasteiger partial charge in [0.25, 0.3) is 0 Å². The smallest absolute Gasteiger partial charge is 0.223 e. The third kappa shape index (κ3) is 2.71. The van der Waals surface area contributed by atoms with E-state index in [2.05, 4.69) is 12.2 Å². The van der Waals surface area contributed by atoms with Crippen molar-refractivity contribution >= 4 is 5.91 Å². The van der Waals surface area contributed by atoms with Crippen molar-refractivity contribution in [2.75, 3.05) is 0 Å². The summed E-state index contributed by atoms with van der Waals surface area (Å²) in [5, 5.41) is 3.16. The van der Waals surface area contributed by atoms with Crippen molar-refractivity contribution < 1.29 is 4.79 Å². The molecule has 0 spiro atoms. The van der Waals surface area contributed by atoms with Gasteiger partial charge in [0.2, 0.25) is 5.91 Å². The average Bonchev–Trinajstić information content (AvgIpc) is 2.96. The first-order valence-corrected chi connectivity index (χ1v) is 5.60. The largest absolute Gasteiger partial charge is 0.353 e. The van der Waals surface area contributed by atoms with E-state index in [-0.39, 0.29) is 0 Å². The maximum absolute atomic E-state index is 11.5. The molecular weight excluding hydrogens is 162 g/mol. The summed E-state index contributed by atoms with van der Waals surface area (Å²) in [6, 6.07) is 0.459. The van der Waals surface area contributed by atoms with E-state index in [0.29, 0.717) is 17.9 Å². The number of amides is 1. The first-order valence-electron chi connectivity index (χ1n) is 5.60. The van der Waals surface area contributed by atoms with Crippen molar-refractivity contribution in [2.45, 2.75) is 51.5 Å². The van der Waals surface area contributed by atoms with Crippen LogP contribution in [0.4, 0.5) is 0 Å². The predicted octanol–water partition coefficient (Wildman–Crippen LogP) is 2.09. The molecule has 0 saturated heterocycles. The molecule has 1 N–H and O–H groups in total. The summed E-state index contributed by atoms with van der Waals surface area (Å²) in [4.78, 5) is 11.5. The fourth-order valence-electron chi connectivity index (χ4n) is 1.75. The van der Waals surface area contributed by atoms with Gasteiger partial charge in [-0.3, -0.25) is 4.79 Å². The van der Waals surface area contributed by atoms with Gasteiger partial charge in [0.15, 0.2) is 0 Å². The van der Waals surface area contributed by atoms with Gasteiger partial charge in [-0.05, 0) is 31.6 Å². The molecule has 2 rings (SSSR count). The molecule has 2 heteroatoms. The molecule has 1 amide bonds. The fraction of sp³-hybridized carbons (Fsp3) is 0.909. The van der Waals surface area contributed by atoms with Gasteiger partial charge in [0, 0.05) is 12.0 Å². The molecule has 2 aliphatic carbocycles. The van der Waals surface area contributed by atoms with Crippen molar-refractivity contribution in [3.63, 3.8) is 0 Å². The molecule has 2 aliphatic rings. The summed E-state index contributed by atoms with van der Waals surface area (Å²) in [5.41, 5.74) is 0. The number of hydrogen-bond donors (Lipinski definition) is 1. The molecular formula is C11H19NO. The maximum atomic E-state index is 11.5. The van der Waals surface area contributed by atoms with Crippen LogP contribution in [0, 0.1) is 11.8 Å². The zero-order chi connectivity index (χ0) is 9.26. The Bertz CT molecular complexity index is 194. The summed E-state index contributed by atoms with van der Waals surface area (Å²) in [6.07, 6.45) is 7.31. The van der Waals surface area contributed by atoms with Gasteiger partial charge in [0.05, 0.1) is 0 Å². The van der Waals surface area contributed by atoms with Gasteiger partial charge in [0.1, 0.15) is 0 Å². The van der Waals surface area contributed by atoms with Gasteiger partial charge in [-0.25, -0.2) is 0 Å². The molecule has 13 heavy (non-hydrogen) atoms. The Labute approximate surface area is 80.1 Å². The van der Waals surface area contributed by atoms with E-state index in [1.807, 2.05) is 0 Å². The van der Waals surface area contributed by atoms with E-state index in [4.69, 9.17) is 0 Å². The fourth-order valence-corrected chi connectivity index (χ4v) is 1.75. The highest BCUT2D eigenvalue weighted by Gasteiger charge is 2.32. The molecule has 1 unspecified atom stereocenters. The van der Waals surface area contributed by atoms with E-state index in [1.54, 1.807) is 0 Å². The van der Waals surface area contributed by atoms with Crippen molar-refractivity contribution in [2.24, 2.45) is 11.8 Å². The zero-order valence-electron chi connectivity index (χ0n) is 8.38. The average molecular weight is 181 g/mol. The predicted molar refractivity (Wildman–Crippen MR) is 52.3 cm³/mol. The lowest BCUT2D eigenvalue weighted by atomic mass is 10.1. The topological polar surface area (TPSA) is 29.1 Å². The number of hydrogen-bond acceptors (Lipinski definition) is 1.